The topological polar surface area (TPSA) is 46.5 Å². The van der Waals surface area contributed by atoms with Crippen molar-refractivity contribution in [1.82, 2.24) is 0 Å². The molecule has 0 heterocycles. The molecular weight excluding hydrogens is 204 g/mol. The lowest BCUT2D eigenvalue weighted by molar-refractivity contribution is -0.139. The summed E-state index contributed by atoms with van der Waals surface area (Å²) in [5.74, 6) is 0.524. The highest BCUT2D eigenvalue weighted by molar-refractivity contribution is 5.68. The molecule has 0 fully saturated rings. The van der Waals surface area contributed by atoms with Gasteiger partial charge in [0.2, 0.25) is 0 Å². The summed E-state index contributed by atoms with van der Waals surface area (Å²) >= 11 is 0. The molecule has 1 N–H and O–H groups in total. The molecule has 86 valence electrons. The normalized spacial score (nSPS) is 18.9. The Morgan fingerprint density at radius 3 is 3.12 bits per heavy atom. The average molecular weight is 220 g/mol. The number of carboxylic acid groups (broad SMARTS) is 1. The molecule has 0 aliphatic heterocycles. The van der Waals surface area contributed by atoms with Gasteiger partial charge < -0.3 is 9.84 Å². The standard InChI is InChI=1S/C13H16O3/c1-9-5-6-11-10(7-9)3-2-4-12(11)16-8-13(14)15/h2-4,9H,5-8H2,1H3,(H,14,15). The predicted molar refractivity (Wildman–Crippen MR) is 60.8 cm³/mol. The molecule has 3 nitrogen and oxygen atoms in total. The monoisotopic (exact) mass is 220 g/mol. The predicted octanol–water partition coefficient (Wildman–Crippen LogP) is 2.27. The maximum absolute atomic E-state index is 10.5. The maximum Gasteiger partial charge on any atom is 0.341 e. The third kappa shape index (κ3) is 2.35. The lowest BCUT2D eigenvalue weighted by Gasteiger charge is -2.23. The molecule has 0 amide bonds. The van der Waals surface area contributed by atoms with E-state index in [-0.39, 0.29) is 6.61 Å². The molecule has 0 aromatic heterocycles. The van der Waals surface area contributed by atoms with Crippen LogP contribution in [0.1, 0.15) is 24.5 Å². The summed E-state index contributed by atoms with van der Waals surface area (Å²) < 4.78 is 5.30. The Labute approximate surface area is 95.0 Å². The number of hydrogen-bond donors (Lipinski definition) is 1. The number of ether oxygens (including phenoxy) is 1. The fraction of sp³-hybridized carbons (Fsp3) is 0.462. The first kappa shape index (κ1) is 11.0. The van der Waals surface area contributed by atoms with E-state index in [1.54, 1.807) is 0 Å². The summed E-state index contributed by atoms with van der Waals surface area (Å²) in [5.41, 5.74) is 2.50. The first-order chi connectivity index (χ1) is 7.66. The fourth-order valence-electron chi connectivity index (χ4n) is 2.23. The van der Waals surface area contributed by atoms with Crippen LogP contribution in [0.4, 0.5) is 0 Å². The summed E-state index contributed by atoms with van der Waals surface area (Å²) in [7, 11) is 0. The van der Waals surface area contributed by atoms with Crippen molar-refractivity contribution in [2.75, 3.05) is 6.61 Å². The highest BCUT2D eigenvalue weighted by atomic mass is 16.5. The van der Waals surface area contributed by atoms with E-state index in [1.165, 1.54) is 11.1 Å². The summed E-state index contributed by atoms with van der Waals surface area (Å²) in [6.07, 6.45) is 3.21. The van der Waals surface area contributed by atoms with Crippen molar-refractivity contribution in [2.45, 2.75) is 26.2 Å². The summed E-state index contributed by atoms with van der Waals surface area (Å²) in [6.45, 7) is 1.99. The number of carbonyl (C=O) groups is 1. The zero-order chi connectivity index (χ0) is 11.5. The molecule has 0 saturated heterocycles. The first-order valence-corrected chi connectivity index (χ1v) is 5.62. The Morgan fingerprint density at radius 2 is 2.38 bits per heavy atom. The van der Waals surface area contributed by atoms with Crippen molar-refractivity contribution in [3.63, 3.8) is 0 Å². The van der Waals surface area contributed by atoms with Crippen LogP contribution in [0.3, 0.4) is 0 Å². The number of fused-ring (bicyclic) bond motifs is 1. The van der Waals surface area contributed by atoms with Gasteiger partial charge in [0.25, 0.3) is 0 Å². The quantitative estimate of drug-likeness (QED) is 0.850. The van der Waals surface area contributed by atoms with Crippen LogP contribution in [0.15, 0.2) is 18.2 Å². The molecule has 0 saturated carbocycles. The molecule has 0 radical (unpaired) electrons. The van der Waals surface area contributed by atoms with Gasteiger partial charge in [-0.1, -0.05) is 19.1 Å². The second kappa shape index (κ2) is 4.56. The van der Waals surface area contributed by atoms with Gasteiger partial charge in [-0.05, 0) is 42.4 Å². The Morgan fingerprint density at radius 1 is 1.56 bits per heavy atom. The molecule has 1 aliphatic carbocycles. The molecule has 1 aromatic rings. The van der Waals surface area contributed by atoms with Crippen LogP contribution in [0.5, 0.6) is 5.75 Å². The molecule has 3 heteroatoms. The zero-order valence-electron chi connectivity index (χ0n) is 9.40. The molecule has 16 heavy (non-hydrogen) atoms. The van der Waals surface area contributed by atoms with E-state index in [2.05, 4.69) is 13.0 Å². The summed E-state index contributed by atoms with van der Waals surface area (Å²) in [4.78, 5) is 10.5. The van der Waals surface area contributed by atoms with Crippen molar-refractivity contribution in [3.8, 4) is 5.75 Å². The van der Waals surface area contributed by atoms with Gasteiger partial charge in [0.05, 0.1) is 0 Å². The zero-order valence-corrected chi connectivity index (χ0v) is 9.40. The van der Waals surface area contributed by atoms with Crippen molar-refractivity contribution in [2.24, 2.45) is 5.92 Å². The molecule has 1 unspecified atom stereocenters. The first-order valence-electron chi connectivity index (χ1n) is 5.62. The maximum atomic E-state index is 10.5. The molecule has 2 rings (SSSR count). The Balaban J connectivity index is 2.20. The van der Waals surface area contributed by atoms with Crippen molar-refractivity contribution < 1.29 is 14.6 Å². The van der Waals surface area contributed by atoms with Gasteiger partial charge in [-0.25, -0.2) is 4.79 Å². The van der Waals surface area contributed by atoms with Gasteiger partial charge in [0.15, 0.2) is 6.61 Å². The minimum atomic E-state index is -0.929. The van der Waals surface area contributed by atoms with Crippen LogP contribution in [0, 0.1) is 5.92 Å². The summed E-state index contributed by atoms with van der Waals surface area (Å²) in [6, 6.07) is 5.91. The van der Waals surface area contributed by atoms with E-state index in [9.17, 15) is 4.79 Å². The second-order valence-electron chi connectivity index (χ2n) is 4.42. The van der Waals surface area contributed by atoms with E-state index in [4.69, 9.17) is 9.84 Å². The van der Waals surface area contributed by atoms with Crippen LogP contribution in [-0.2, 0) is 17.6 Å². The minimum Gasteiger partial charge on any atom is -0.482 e. The smallest absolute Gasteiger partial charge is 0.341 e. The van der Waals surface area contributed by atoms with E-state index in [1.807, 2.05) is 12.1 Å². The van der Waals surface area contributed by atoms with Crippen LogP contribution in [0.2, 0.25) is 0 Å². The number of hydrogen-bond acceptors (Lipinski definition) is 2. The third-order valence-electron chi connectivity index (χ3n) is 3.04. The van der Waals surface area contributed by atoms with Gasteiger partial charge in [-0.3, -0.25) is 0 Å². The van der Waals surface area contributed by atoms with E-state index < -0.39 is 5.97 Å². The van der Waals surface area contributed by atoms with E-state index in [0.29, 0.717) is 5.92 Å². The third-order valence-corrected chi connectivity index (χ3v) is 3.04. The highest BCUT2D eigenvalue weighted by Gasteiger charge is 2.18. The largest absolute Gasteiger partial charge is 0.482 e. The van der Waals surface area contributed by atoms with Gasteiger partial charge in [-0.15, -0.1) is 0 Å². The SMILES string of the molecule is CC1CCc2c(cccc2OCC(=O)O)C1. The number of carboxylic acids is 1. The van der Waals surface area contributed by atoms with Crippen LogP contribution in [0.25, 0.3) is 0 Å². The Kier molecular flexibility index (Phi) is 3.13. The van der Waals surface area contributed by atoms with Gasteiger partial charge in [-0.2, -0.15) is 0 Å². The molecule has 1 atom stereocenters. The second-order valence-corrected chi connectivity index (χ2v) is 4.42. The van der Waals surface area contributed by atoms with E-state index >= 15 is 0 Å². The van der Waals surface area contributed by atoms with Crippen molar-refractivity contribution in [3.05, 3.63) is 29.3 Å². The Bertz CT molecular complexity index is 398. The van der Waals surface area contributed by atoms with Gasteiger partial charge in [0.1, 0.15) is 5.75 Å². The van der Waals surface area contributed by atoms with Crippen molar-refractivity contribution in [1.29, 1.82) is 0 Å². The highest BCUT2D eigenvalue weighted by Crippen LogP contribution is 2.31. The van der Waals surface area contributed by atoms with Crippen molar-refractivity contribution >= 4 is 5.97 Å². The van der Waals surface area contributed by atoms with Crippen LogP contribution < -0.4 is 4.74 Å². The Hall–Kier alpha value is -1.51. The lowest BCUT2D eigenvalue weighted by Crippen LogP contribution is -2.15. The molecule has 0 bridgehead atoms. The summed E-state index contributed by atoms with van der Waals surface area (Å²) in [5, 5.41) is 8.60. The van der Waals surface area contributed by atoms with Crippen LogP contribution in [-0.4, -0.2) is 17.7 Å². The molecule has 1 aliphatic rings. The van der Waals surface area contributed by atoms with Crippen LogP contribution >= 0.6 is 0 Å². The lowest BCUT2D eigenvalue weighted by atomic mass is 9.84. The minimum absolute atomic E-state index is 0.258. The fourth-order valence-corrected chi connectivity index (χ4v) is 2.23. The van der Waals surface area contributed by atoms with E-state index in [0.717, 1.165) is 25.0 Å². The van der Waals surface area contributed by atoms with Gasteiger partial charge >= 0.3 is 5.97 Å². The average Bonchev–Trinajstić information content (AvgIpc) is 2.25. The molecular formula is C13H16O3. The molecule has 1 aromatic carbocycles. The number of aliphatic carboxylic acids is 1. The number of benzene rings is 1. The molecule has 0 spiro atoms. The van der Waals surface area contributed by atoms with Gasteiger partial charge in [0, 0.05) is 0 Å². The number of rotatable bonds is 3.